The molecule has 0 aliphatic heterocycles. The molecule has 2 heterocycles. The second kappa shape index (κ2) is 4.76. The van der Waals surface area contributed by atoms with Gasteiger partial charge in [0.15, 0.2) is 0 Å². The molecule has 19 heavy (non-hydrogen) atoms. The summed E-state index contributed by atoms with van der Waals surface area (Å²) in [6.45, 7) is 6.36. The highest BCUT2D eigenvalue weighted by atomic mass is 32.1. The van der Waals surface area contributed by atoms with E-state index in [2.05, 4.69) is 34.8 Å². The van der Waals surface area contributed by atoms with E-state index >= 15 is 0 Å². The predicted molar refractivity (Wildman–Crippen MR) is 77.7 cm³/mol. The molecule has 1 aliphatic rings. The molecule has 0 aromatic carbocycles. The fourth-order valence-electron chi connectivity index (χ4n) is 3.12. The van der Waals surface area contributed by atoms with Gasteiger partial charge in [0.1, 0.15) is 5.01 Å². The largest absolute Gasteiger partial charge is 0.388 e. The van der Waals surface area contributed by atoms with E-state index in [4.69, 9.17) is 0 Å². The topological polar surface area (TPSA) is 38.0 Å². The highest BCUT2D eigenvalue weighted by Gasteiger charge is 2.26. The molecule has 0 saturated heterocycles. The Bertz CT molecular complexity index is 599. The van der Waals surface area contributed by atoms with Gasteiger partial charge in [0.05, 0.1) is 12.1 Å². The number of rotatable bonds is 2. The van der Waals surface area contributed by atoms with Gasteiger partial charge in [0.2, 0.25) is 0 Å². The highest BCUT2D eigenvalue weighted by Crippen LogP contribution is 2.35. The average molecular weight is 276 g/mol. The minimum Gasteiger partial charge on any atom is -0.388 e. The molecule has 2 atom stereocenters. The van der Waals surface area contributed by atoms with Crippen molar-refractivity contribution in [2.75, 3.05) is 0 Å². The Morgan fingerprint density at radius 1 is 1.47 bits per heavy atom. The third kappa shape index (κ3) is 2.13. The fraction of sp³-hybridized carbons (Fsp3) is 0.533. The van der Waals surface area contributed by atoms with Gasteiger partial charge in [-0.2, -0.15) is 0 Å². The highest BCUT2D eigenvalue weighted by molar-refractivity contribution is 7.09. The van der Waals surface area contributed by atoms with Gasteiger partial charge in [-0.3, -0.25) is 0 Å². The van der Waals surface area contributed by atoms with Crippen molar-refractivity contribution in [1.29, 1.82) is 0 Å². The van der Waals surface area contributed by atoms with Crippen molar-refractivity contribution in [2.24, 2.45) is 0 Å². The Hall–Kier alpha value is -1.13. The van der Waals surface area contributed by atoms with Gasteiger partial charge >= 0.3 is 0 Å². The van der Waals surface area contributed by atoms with Gasteiger partial charge in [0, 0.05) is 28.0 Å². The van der Waals surface area contributed by atoms with Crippen LogP contribution in [-0.4, -0.2) is 14.7 Å². The third-order valence-corrected chi connectivity index (χ3v) is 5.13. The van der Waals surface area contributed by atoms with E-state index in [9.17, 15) is 5.11 Å². The van der Waals surface area contributed by atoms with E-state index in [-0.39, 0.29) is 12.1 Å². The van der Waals surface area contributed by atoms with Crippen molar-refractivity contribution in [2.45, 2.75) is 52.2 Å². The third-order valence-electron chi connectivity index (χ3n) is 4.00. The number of fused-ring (bicyclic) bond motifs is 1. The summed E-state index contributed by atoms with van der Waals surface area (Å²) in [7, 11) is 0. The second-order valence-corrected chi connectivity index (χ2v) is 6.36. The lowest BCUT2D eigenvalue weighted by atomic mass is 9.95. The maximum Gasteiger partial charge on any atom is 0.115 e. The smallest absolute Gasteiger partial charge is 0.115 e. The lowest BCUT2D eigenvalue weighted by Crippen LogP contribution is -2.16. The predicted octanol–water partition coefficient (Wildman–Crippen LogP) is 3.54. The Morgan fingerprint density at radius 2 is 2.26 bits per heavy atom. The van der Waals surface area contributed by atoms with Gasteiger partial charge in [0.25, 0.3) is 0 Å². The van der Waals surface area contributed by atoms with Crippen LogP contribution >= 0.6 is 11.3 Å². The molecule has 0 saturated carbocycles. The first-order valence-electron chi connectivity index (χ1n) is 6.88. The summed E-state index contributed by atoms with van der Waals surface area (Å²) in [5.74, 6) is 0. The summed E-state index contributed by atoms with van der Waals surface area (Å²) in [5.41, 5.74) is 4.75. The molecule has 1 aliphatic carbocycles. The van der Waals surface area contributed by atoms with Crippen LogP contribution in [0, 0.1) is 13.8 Å². The van der Waals surface area contributed by atoms with Crippen molar-refractivity contribution in [1.82, 2.24) is 9.55 Å². The average Bonchev–Trinajstić information content (AvgIpc) is 2.93. The summed E-state index contributed by atoms with van der Waals surface area (Å²) >= 11 is 1.72. The second-order valence-electron chi connectivity index (χ2n) is 5.47. The molecule has 1 N–H and O–H groups in total. The maximum atomic E-state index is 10.1. The molecule has 0 fully saturated rings. The summed E-state index contributed by atoms with van der Waals surface area (Å²) < 4.78 is 2.36. The van der Waals surface area contributed by atoms with E-state index in [1.807, 2.05) is 6.92 Å². The van der Waals surface area contributed by atoms with Crippen molar-refractivity contribution in [3.05, 3.63) is 39.1 Å². The zero-order valence-electron chi connectivity index (χ0n) is 11.7. The van der Waals surface area contributed by atoms with E-state index < -0.39 is 0 Å². The molecule has 102 valence electrons. The summed E-state index contributed by atoms with van der Waals surface area (Å²) in [6, 6.07) is 2.41. The van der Waals surface area contributed by atoms with E-state index in [1.54, 1.807) is 11.3 Å². The van der Waals surface area contributed by atoms with E-state index in [1.165, 1.54) is 11.4 Å². The monoisotopic (exact) mass is 276 g/mol. The van der Waals surface area contributed by atoms with Gasteiger partial charge in [-0.05, 0) is 46.1 Å². The van der Waals surface area contributed by atoms with Crippen LogP contribution in [0.1, 0.15) is 59.6 Å². The number of nitrogens with zero attached hydrogens (tertiary/aromatic N) is 2. The minimum absolute atomic E-state index is 0.257. The Morgan fingerprint density at radius 3 is 2.95 bits per heavy atom. The van der Waals surface area contributed by atoms with E-state index in [0.717, 1.165) is 35.5 Å². The number of aromatic nitrogens is 2. The number of aliphatic hydroxyl groups excluding tert-OH is 1. The van der Waals surface area contributed by atoms with Crippen LogP contribution in [0.4, 0.5) is 0 Å². The van der Waals surface area contributed by atoms with Crippen LogP contribution in [0.2, 0.25) is 0 Å². The van der Waals surface area contributed by atoms with Crippen LogP contribution < -0.4 is 0 Å². The summed E-state index contributed by atoms with van der Waals surface area (Å²) in [5, 5.41) is 13.4. The zero-order chi connectivity index (χ0) is 13.6. The molecule has 3 nitrogen and oxygen atoms in total. The molecular formula is C15H20N2OS. The first-order valence-corrected chi connectivity index (χ1v) is 7.76. The van der Waals surface area contributed by atoms with Gasteiger partial charge in [-0.25, -0.2) is 4.98 Å². The standard InChI is InChI=1S/C15H20N2OS/c1-9-8-19-15(16-9)11(3)17-10(2)7-12-13(17)5-4-6-14(12)18/h7-8,11,14,18H,4-6H2,1-3H3. The first kappa shape index (κ1) is 12.9. The first-order chi connectivity index (χ1) is 9.08. The lowest BCUT2D eigenvalue weighted by Gasteiger charge is -2.23. The molecule has 0 spiro atoms. The molecule has 0 radical (unpaired) electrons. The van der Waals surface area contributed by atoms with Crippen LogP contribution in [-0.2, 0) is 6.42 Å². The number of hydrogen-bond acceptors (Lipinski definition) is 3. The van der Waals surface area contributed by atoms with Gasteiger partial charge in [-0.1, -0.05) is 0 Å². The van der Waals surface area contributed by atoms with Crippen molar-refractivity contribution in [3.8, 4) is 0 Å². The number of thiazole rings is 1. The molecule has 3 rings (SSSR count). The summed E-state index contributed by atoms with van der Waals surface area (Å²) in [6.07, 6.45) is 2.74. The minimum atomic E-state index is -0.283. The van der Waals surface area contributed by atoms with Crippen LogP contribution in [0.15, 0.2) is 11.4 Å². The normalized spacial score (nSPS) is 20.3. The number of hydrogen-bond donors (Lipinski definition) is 1. The Kier molecular flexibility index (Phi) is 3.23. The molecule has 2 aromatic rings. The zero-order valence-corrected chi connectivity index (χ0v) is 12.5. The summed E-state index contributed by atoms with van der Waals surface area (Å²) in [4.78, 5) is 4.61. The van der Waals surface area contributed by atoms with Gasteiger partial charge in [-0.15, -0.1) is 11.3 Å². The maximum absolute atomic E-state index is 10.1. The fourth-order valence-corrected chi connectivity index (χ4v) is 3.96. The number of aliphatic hydroxyl groups is 1. The SMILES string of the molecule is Cc1csc(C(C)n2c(C)cc3c2CCCC3O)n1. The lowest BCUT2D eigenvalue weighted by molar-refractivity contribution is 0.155. The molecule has 0 bridgehead atoms. The Labute approximate surface area is 117 Å². The Balaban J connectivity index is 2.05. The molecule has 4 heteroatoms. The quantitative estimate of drug-likeness (QED) is 0.911. The van der Waals surface area contributed by atoms with Crippen LogP contribution in [0.25, 0.3) is 0 Å². The van der Waals surface area contributed by atoms with Crippen molar-refractivity contribution < 1.29 is 5.11 Å². The number of aryl methyl sites for hydroxylation is 2. The van der Waals surface area contributed by atoms with Crippen LogP contribution in [0.3, 0.4) is 0 Å². The van der Waals surface area contributed by atoms with Crippen LogP contribution in [0.5, 0.6) is 0 Å². The molecule has 2 unspecified atom stereocenters. The molecule has 2 aromatic heterocycles. The molecule has 0 amide bonds. The van der Waals surface area contributed by atoms with Crippen molar-refractivity contribution in [3.63, 3.8) is 0 Å². The van der Waals surface area contributed by atoms with E-state index in [0.29, 0.717) is 0 Å². The van der Waals surface area contributed by atoms with Crippen molar-refractivity contribution >= 4 is 11.3 Å². The van der Waals surface area contributed by atoms with Gasteiger partial charge < -0.3 is 9.67 Å². The molecular weight excluding hydrogens is 256 g/mol.